The summed E-state index contributed by atoms with van der Waals surface area (Å²) in [5.74, 6) is -0.350. The number of carbonyl (C=O) groups excluding carboxylic acids is 1. The lowest BCUT2D eigenvalue weighted by Gasteiger charge is -1.96. The maximum atomic E-state index is 12.0. The summed E-state index contributed by atoms with van der Waals surface area (Å²) < 4.78 is 1.61. The molecule has 0 aliphatic rings. The van der Waals surface area contributed by atoms with Gasteiger partial charge in [0.05, 0.1) is 21.9 Å². The normalized spacial score (nSPS) is 10.8. The summed E-state index contributed by atoms with van der Waals surface area (Å²) in [6, 6.07) is 1.57. The molecule has 0 saturated heterocycles. The number of fused-ring (bicyclic) bond motifs is 1. The van der Waals surface area contributed by atoms with Crippen molar-refractivity contribution in [1.29, 1.82) is 0 Å². The number of aromatic nitrogens is 4. The van der Waals surface area contributed by atoms with Crippen LogP contribution in [0.3, 0.4) is 0 Å². The molecule has 0 spiro atoms. The molecule has 0 saturated carbocycles. The van der Waals surface area contributed by atoms with Crippen LogP contribution in [0.2, 0.25) is 10.0 Å². The van der Waals surface area contributed by atoms with Gasteiger partial charge in [0.2, 0.25) is 0 Å². The van der Waals surface area contributed by atoms with Gasteiger partial charge in [-0.05, 0) is 6.07 Å². The molecule has 0 aromatic carbocycles. The number of imidazole rings is 1. The summed E-state index contributed by atoms with van der Waals surface area (Å²) in [6.45, 7) is 0. The third kappa shape index (κ3) is 2.27. The van der Waals surface area contributed by atoms with Crippen LogP contribution in [-0.4, -0.2) is 25.5 Å². The summed E-state index contributed by atoms with van der Waals surface area (Å²) in [5, 5.41) is 9.84. The Labute approximate surface area is 117 Å². The number of H-pyrrole nitrogens is 1. The van der Waals surface area contributed by atoms with Crippen LogP contribution in [0.15, 0.2) is 30.9 Å². The molecule has 0 radical (unpaired) electrons. The molecule has 3 heterocycles. The number of amides is 1. The first kappa shape index (κ1) is 12.0. The van der Waals surface area contributed by atoms with Crippen LogP contribution >= 0.6 is 23.2 Å². The minimum atomic E-state index is -0.350. The van der Waals surface area contributed by atoms with Crippen LogP contribution in [0.1, 0.15) is 10.5 Å². The van der Waals surface area contributed by atoms with Gasteiger partial charge in [-0.3, -0.25) is 9.89 Å². The summed E-state index contributed by atoms with van der Waals surface area (Å²) >= 11 is 11.9. The minimum absolute atomic E-state index is 0.241. The van der Waals surface area contributed by atoms with Gasteiger partial charge in [0.15, 0.2) is 5.65 Å². The zero-order chi connectivity index (χ0) is 13.4. The fourth-order valence-corrected chi connectivity index (χ4v) is 2.18. The van der Waals surface area contributed by atoms with Crippen molar-refractivity contribution in [1.82, 2.24) is 19.6 Å². The van der Waals surface area contributed by atoms with E-state index in [1.165, 1.54) is 6.20 Å². The van der Waals surface area contributed by atoms with Crippen LogP contribution in [0.4, 0.5) is 5.69 Å². The van der Waals surface area contributed by atoms with E-state index in [2.05, 4.69) is 20.5 Å². The number of aromatic amines is 1. The first-order valence-electron chi connectivity index (χ1n) is 5.27. The Morgan fingerprint density at radius 3 is 2.95 bits per heavy atom. The van der Waals surface area contributed by atoms with Crippen molar-refractivity contribution in [3.8, 4) is 0 Å². The quantitative estimate of drug-likeness (QED) is 0.763. The molecule has 2 N–H and O–H groups in total. The van der Waals surface area contributed by atoms with Gasteiger partial charge in [-0.2, -0.15) is 5.10 Å². The Hall–Kier alpha value is -2.05. The van der Waals surface area contributed by atoms with Crippen molar-refractivity contribution >= 4 is 40.4 Å². The Morgan fingerprint density at radius 1 is 1.37 bits per heavy atom. The highest BCUT2D eigenvalue weighted by Crippen LogP contribution is 2.22. The second kappa shape index (κ2) is 4.56. The van der Waals surface area contributed by atoms with Gasteiger partial charge in [0, 0.05) is 18.6 Å². The third-order valence-electron chi connectivity index (χ3n) is 2.46. The van der Waals surface area contributed by atoms with Crippen molar-refractivity contribution in [2.45, 2.75) is 0 Å². The van der Waals surface area contributed by atoms with Crippen LogP contribution < -0.4 is 5.32 Å². The van der Waals surface area contributed by atoms with Crippen molar-refractivity contribution in [3.05, 3.63) is 46.6 Å². The maximum Gasteiger partial charge on any atom is 0.275 e. The number of hydrogen-bond donors (Lipinski definition) is 2. The van der Waals surface area contributed by atoms with E-state index in [1.54, 1.807) is 29.1 Å². The van der Waals surface area contributed by atoms with Crippen LogP contribution in [-0.2, 0) is 0 Å². The Bertz CT molecular complexity index is 750. The van der Waals surface area contributed by atoms with Crippen molar-refractivity contribution in [3.63, 3.8) is 0 Å². The predicted molar refractivity (Wildman–Crippen MR) is 71.8 cm³/mol. The predicted octanol–water partition coefficient (Wildman–Crippen LogP) is 2.62. The second-order valence-electron chi connectivity index (χ2n) is 3.80. The van der Waals surface area contributed by atoms with Gasteiger partial charge >= 0.3 is 0 Å². The number of carbonyl (C=O) groups is 1. The van der Waals surface area contributed by atoms with Crippen molar-refractivity contribution in [2.24, 2.45) is 0 Å². The number of pyridine rings is 1. The molecular formula is C11H7Cl2N5O. The molecule has 8 heteroatoms. The monoisotopic (exact) mass is 295 g/mol. The molecule has 3 aromatic heterocycles. The van der Waals surface area contributed by atoms with E-state index >= 15 is 0 Å². The second-order valence-corrected chi connectivity index (χ2v) is 4.65. The number of nitrogens with zero attached hydrogens (tertiary/aromatic N) is 3. The third-order valence-corrected chi connectivity index (χ3v) is 2.95. The van der Waals surface area contributed by atoms with Gasteiger partial charge in [0.1, 0.15) is 5.69 Å². The molecule has 3 aromatic rings. The van der Waals surface area contributed by atoms with E-state index in [0.29, 0.717) is 21.4 Å². The smallest absolute Gasteiger partial charge is 0.275 e. The molecule has 3 rings (SSSR count). The van der Waals surface area contributed by atoms with E-state index in [-0.39, 0.29) is 11.6 Å². The van der Waals surface area contributed by atoms with Gasteiger partial charge in [-0.1, -0.05) is 23.2 Å². The first-order valence-corrected chi connectivity index (χ1v) is 6.03. The molecule has 0 aliphatic carbocycles. The number of halogens is 2. The first-order chi connectivity index (χ1) is 9.13. The van der Waals surface area contributed by atoms with Crippen molar-refractivity contribution < 1.29 is 4.79 Å². The van der Waals surface area contributed by atoms with Gasteiger partial charge in [-0.15, -0.1) is 0 Å². The fourth-order valence-electron chi connectivity index (χ4n) is 1.65. The van der Waals surface area contributed by atoms with Crippen LogP contribution in [0.5, 0.6) is 0 Å². The van der Waals surface area contributed by atoms with E-state index < -0.39 is 0 Å². The number of nitrogens with one attached hydrogen (secondary N) is 2. The Balaban J connectivity index is 1.97. The Morgan fingerprint density at radius 2 is 2.21 bits per heavy atom. The largest absolute Gasteiger partial charge is 0.318 e. The number of rotatable bonds is 2. The molecule has 19 heavy (non-hydrogen) atoms. The SMILES string of the molecule is O=C(Nc1cn[nH]c1)c1cn2cc(Cl)cc(Cl)c2n1. The van der Waals surface area contributed by atoms with E-state index in [0.717, 1.165) is 0 Å². The molecule has 0 bridgehead atoms. The lowest BCUT2D eigenvalue weighted by atomic mass is 10.4. The van der Waals surface area contributed by atoms with E-state index in [1.807, 2.05) is 0 Å². The zero-order valence-electron chi connectivity index (χ0n) is 9.39. The summed E-state index contributed by atoms with van der Waals surface area (Å²) in [5.41, 5.74) is 1.28. The topological polar surface area (TPSA) is 75.1 Å². The lowest BCUT2D eigenvalue weighted by molar-refractivity contribution is 0.102. The zero-order valence-corrected chi connectivity index (χ0v) is 10.9. The minimum Gasteiger partial charge on any atom is -0.318 e. The summed E-state index contributed by atoms with van der Waals surface area (Å²) in [7, 11) is 0. The summed E-state index contributed by atoms with van der Waals surface area (Å²) in [4.78, 5) is 16.1. The average molecular weight is 296 g/mol. The standard InChI is InChI=1S/C11H7Cl2N5O/c12-6-1-8(13)10-17-9(5-18(10)4-6)11(19)16-7-2-14-15-3-7/h1-5H,(H,14,15)(H,16,19). The maximum absolute atomic E-state index is 12.0. The van der Waals surface area contributed by atoms with E-state index in [9.17, 15) is 4.79 Å². The molecular weight excluding hydrogens is 289 g/mol. The van der Waals surface area contributed by atoms with Gasteiger partial charge in [-0.25, -0.2) is 4.98 Å². The number of hydrogen-bond acceptors (Lipinski definition) is 3. The van der Waals surface area contributed by atoms with Crippen molar-refractivity contribution in [2.75, 3.05) is 5.32 Å². The summed E-state index contributed by atoms with van der Waals surface area (Å²) in [6.07, 6.45) is 6.25. The highest BCUT2D eigenvalue weighted by atomic mass is 35.5. The average Bonchev–Trinajstić information content (AvgIpc) is 2.97. The number of anilines is 1. The van der Waals surface area contributed by atoms with Gasteiger partial charge < -0.3 is 9.72 Å². The van der Waals surface area contributed by atoms with Crippen LogP contribution in [0.25, 0.3) is 5.65 Å². The highest BCUT2D eigenvalue weighted by molar-refractivity contribution is 6.36. The lowest BCUT2D eigenvalue weighted by Crippen LogP contribution is -2.11. The molecule has 0 unspecified atom stereocenters. The Kier molecular flexibility index (Phi) is 2.88. The molecule has 0 atom stereocenters. The van der Waals surface area contributed by atoms with Crippen LogP contribution in [0, 0.1) is 0 Å². The molecule has 1 amide bonds. The fraction of sp³-hybridized carbons (Fsp3) is 0. The molecule has 0 fully saturated rings. The van der Waals surface area contributed by atoms with E-state index in [4.69, 9.17) is 23.2 Å². The van der Waals surface area contributed by atoms with Gasteiger partial charge in [0.25, 0.3) is 5.91 Å². The molecule has 96 valence electrons. The molecule has 0 aliphatic heterocycles. The molecule has 6 nitrogen and oxygen atoms in total. The highest BCUT2D eigenvalue weighted by Gasteiger charge is 2.13.